The fourth-order valence-corrected chi connectivity index (χ4v) is 1.52. The van der Waals surface area contributed by atoms with Crippen LogP contribution in [0.1, 0.15) is 12.2 Å². The lowest BCUT2D eigenvalue weighted by Crippen LogP contribution is -2.14. The highest BCUT2D eigenvalue weighted by Gasteiger charge is 2.03. The van der Waals surface area contributed by atoms with Crippen LogP contribution in [0.3, 0.4) is 0 Å². The molecule has 1 heterocycles. The summed E-state index contributed by atoms with van der Waals surface area (Å²) in [5.41, 5.74) is 6.95. The van der Waals surface area contributed by atoms with Gasteiger partial charge in [0, 0.05) is 11.4 Å². The fourth-order valence-electron chi connectivity index (χ4n) is 1.52. The molecule has 0 saturated heterocycles. The van der Waals surface area contributed by atoms with Crippen molar-refractivity contribution in [3.63, 3.8) is 0 Å². The number of nitrogens with one attached hydrogen (secondary N) is 1. The van der Waals surface area contributed by atoms with Gasteiger partial charge in [-0.05, 0) is 36.4 Å². The highest BCUT2D eigenvalue weighted by molar-refractivity contribution is 5.90. The van der Waals surface area contributed by atoms with Crippen molar-refractivity contribution in [2.24, 2.45) is 0 Å². The van der Waals surface area contributed by atoms with E-state index in [2.05, 4.69) is 5.32 Å². The molecule has 2 aromatic rings. The van der Waals surface area contributed by atoms with Crippen molar-refractivity contribution in [3.05, 3.63) is 48.4 Å². The van der Waals surface area contributed by atoms with Crippen LogP contribution in [0.4, 0.5) is 11.4 Å². The SMILES string of the molecule is Nc1ccc(NC(=O)CCOCc2ccco2)cc1. The van der Waals surface area contributed by atoms with E-state index in [1.165, 1.54) is 0 Å². The van der Waals surface area contributed by atoms with Gasteiger partial charge in [-0.1, -0.05) is 0 Å². The number of ether oxygens (including phenoxy) is 1. The predicted octanol–water partition coefficient (Wildman–Crippen LogP) is 2.41. The summed E-state index contributed by atoms with van der Waals surface area (Å²) in [6, 6.07) is 10.6. The third-order valence-electron chi connectivity index (χ3n) is 2.49. The lowest BCUT2D eigenvalue weighted by atomic mass is 10.3. The molecule has 1 aromatic carbocycles. The van der Waals surface area contributed by atoms with Gasteiger partial charge in [0.1, 0.15) is 12.4 Å². The van der Waals surface area contributed by atoms with Crippen molar-refractivity contribution in [3.8, 4) is 0 Å². The molecule has 100 valence electrons. The van der Waals surface area contributed by atoms with Crippen molar-refractivity contribution < 1.29 is 13.9 Å². The minimum absolute atomic E-state index is 0.0933. The van der Waals surface area contributed by atoms with E-state index in [4.69, 9.17) is 14.9 Å². The third kappa shape index (κ3) is 4.48. The Labute approximate surface area is 111 Å². The first-order valence-electron chi connectivity index (χ1n) is 5.99. The molecule has 5 heteroatoms. The molecule has 0 aliphatic heterocycles. The molecule has 0 atom stereocenters. The summed E-state index contributed by atoms with van der Waals surface area (Å²) in [6.07, 6.45) is 1.89. The van der Waals surface area contributed by atoms with E-state index in [9.17, 15) is 4.79 Å². The summed E-state index contributed by atoms with van der Waals surface area (Å²) >= 11 is 0. The molecule has 0 radical (unpaired) electrons. The highest BCUT2D eigenvalue weighted by Crippen LogP contribution is 2.10. The maximum Gasteiger partial charge on any atom is 0.226 e. The van der Waals surface area contributed by atoms with Gasteiger partial charge in [0.15, 0.2) is 0 Å². The molecule has 0 spiro atoms. The van der Waals surface area contributed by atoms with Gasteiger partial charge in [0.25, 0.3) is 0 Å². The lowest BCUT2D eigenvalue weighted by Gasteiger charge is -2.05. The molecule has 2 rings (SSSR count). The maximum absolute atomic E-state index is 11.6. The number of benzene rings is 1. The quantitative estimate of drug-likeness (QED) is 0.617. The van der Waals surface area contributed by atoms with Crippen LogP contribution in [-0.4, -0.2) is 12.5 Å². The van der Waals surface area contributed by atoms with Crippen LogP contribution in [0.25, 0.3) is 0 Å². The number of furan rings is 1. The number of hydrogen-bond acceptors (Lipinski definition) is 4. The monoisotopic (exact) mass is 260 g/mol. The van der Waals surface area contributed by atoms with E-state index in [-0.39, 0.29) is 5.91 Å². The maximum atomic E-state index is 11.6. The Morgan fingerprint density at radius 3 is 2.74 bits per heavy atom. The minimum Gasteiger partial charge on any atom is -0.467 e. The molecule has 3 N–H and O–H groups in total. The van der Waals surface area contributed by atoms with Crippen LogP contribution < -0.4 is 11.1 Å². The second-order valence-corrected chi connectivity index (χ2v) is 4.05. The van der Waals surface area contributed by atoms with E-state index >= 15 is 0 Å². The van der Waals surface area contributed by atoms with Crippen LogP contribution in [-0.2, 0) is 16.1 Å². The summed E-state index contributed by atoms with van der Waals surface area (Å²) in [7, 11) is 0. The molecule has 0 saturated carbocycles. The Bertz CT molecular complexity index is 506. The molecular formula is C14H16N2O3. The summed E-state index contributed by atoms with van der Waals surface area (Å²) in [5, 5.41) is 2.76. The minimum atomic E-state index is -0.0933. The topological polar surface area (TPSA) is 77.5 Å². The molecule has 0 aliphatic rings. The van der Waals surface area contributed by atoms with Gasteiger partial charge < -0.3 is 20.2 Å². The Hall–Kier alpha value is -2.27. The van der Waals surface area contributed by atoms with Crippen molar-refractivity contribution in [1.82, 2.24) is 0 Å². The van der Waals surface area contributed by atoms with Gasteiger partial charge >= 0.3 is 0 Å². The number of carbonyl (C=O) groups excluding carboxylic acids is 1. The summed E-state index contributed by atoms with van der Waals surface area (Å²) < 4.78 is 10.4. The van der Waals surface area contributed by atoms with E-state index in [1.54, 1.807) is 36.6 Å². The molecular weight excluding hydrogens is 244 g/mol. The fraction of sp³-hybridized carbons (Fsp3) is 0.214. The number of nitrogens with two attached hydrogens (primary N) is 1. The lowest BCUT2D eigenvalue weighted by molar-refractivity contribution is -0.117. The Kier molecular flexibility index (Phi) is 4.58. The van der Waals surface area contributed by atoms with Gasteiger partial charge in [-0.15, -0.1) is 0 Å². The largest absolute Gasteiger partial charge is 0.467 e. The first-order chi connectivity index (χ1) is 9.24. The zero-order chi connectivity index (χ0) is 13.5. The van der Waals surface area contributed by atoms with Crippen molar-refractivity contribution in [1.29, 1.82) is 0 Å². The van der Waals surface area contributed by atoms with Crippen LogP contribution in [0.15, 0.2) is 47.1 Å². The Morgan fingerprint density at radius 2 is 2.05 bits per heavy atom. The molecule has 0 fully saturated rings. The first-order valence-corrected chi connectivity index (χ1v) is 5.99. The molecule has 19 heavy (non-hydrogen) atoms. The van der Waals surface area contributed by atoms with Crippen LogP contribution in [0.2, 0.25) is 0 Å². The zero-order valence-corrected chi connectivity index (χ0v) is 10.5. The molecule has 0 unspecified atom stereocenters. The van der Waals surface area contributed by atoms with Gasteiger partial charge in [0.05, 0.1) is 19.3 Å². The van der Waals surface area contributed by atoms with Crippen LogP contribution in [0.5, 0.6) is 0 Å². The van der Waals surface area contributed by atoms with Crippen molar-refractivity contribution in [2.75, 3.05) is 17.7 Å². The number of anilines is 2. The highest BCUT2D eigenvalue weighted by atomic mass is 16.5. The molecule has 1 amide bonds. The molecule has 0 bridgehead atoms. The molecule has 1 aromatic heterocycles. The number of amides is 1. The van der Waals surface area contributed by atoms with Crippen molar-refractivity contribution >= 4 is 17.3 Å². The molecule has 5 nitrogen and oxygen atoms in total. The normalized spacial score (nSPS) is 10.3. The second kappa shape index (κ2) is 6.61. The standard InChI is InChI=1S/C14H16N2O3/c15-11-3-5-12(6-4-11)16-14(17)7-9-18-10-13-2-1-8-19-13/h1-6,8H,7,9-10,15H2,(H,16,17). The second-order valence-electron chi connectivity index (χ2n) is 4.05. The molecule has 0 aliphatic carbocycles. The van der Waals surface area contributed by atoms with E-state index < -0.39 is 0 Å². The van der Waals surface area contributed by atoms with Crippen LogP contribution in [0, 0.1) is 0 Å². The number of hydrogen-bond donors (Lipinski definition) is 2. The summed E-state index contributed by atoms with van der Waals surface area (Å²) in [6.45, 7) is 0.726. The first kappa shape index (κ1) is 13.2. The summed E-state index contributed by atoms with van der Waals surface area (Å²) in [5.74, 6) is 0.656. The van der Waals surface area contributed by atoms with E-state index in [1.807, 2.05) is 6.07 Å². The van der Waals surface area contributed by atoms with Gasteiger partial charge in [0.2, 0.25) is 5.91 Å². The predicted molar refractivity (Wildman–Crippen MR) is 72.5 cm³/mol. The van der Waals surface area contributed by atoms with E-state index in [0.29, 0.717) is 25.3 Å². The summed E-state index contributed by atoms with van der Waals surface area (Å²) in [4.78, 5) is 11.6. The van der Waals surface area contributed by atoms with Gasteiger partial charge in [-0.3, -0.25) is 4.79 Å². The van der Waals surface area contributed by atoms with Crippen molar-refractivity contribution in [2.45, 2.75) is 13.0 Å². The number of nitrogen functional groups attached to an aromatic ring is 1. The number of carbonyl (C=O) groups is 1. The van der Waals surface area contributed by atoms with Gasteiger partial charge in [-0.2, -0.15) is 0 Å². The average Bonchev–Trinajstić information content (AvgIpc) is 2.91. The Morgan fingerprint density at radius 1 is 1.26 bits per heavy atom. The Balaban J connectivity index is 1.65. The average molecular weight is 260 g/mol. The van der Waals surface area contributed by atoms with E-state index in [0.717, 1.165) is 11.4 Å². The number of rotatable bonds is 6. The smallest absolute Gasteiger partial charge is 0.226 e. The van der Waals surface area contributed by atoms with Crippen LogP contribution >= 0.6 is 0 Å². The zero-order valence-electron chi connectivity index (χ0n) is 10.5. The van der Waals surface area contributed by atoms with Gasteiger partial charge in [-0.25, -0.2) is 0 Å². The third-order valence-corrected chi connectivity index (χ3v) is 2.49.